The van der Waals surface area contributed by atoms with E-state index in [-0.39, 0.29) is 18.1 Å². The Bertz CT molecular complexity index is 801. The van der Waals surface area contributed by atoms with E-state index in [0.29, 0.717) is 5.92 Å². The van der Waals surface area contributed by atoms with Crippen molar-refractivity contribution in [1.82, 2.24) is 0 Å². The summed E-state index contributed by atoms with van der Waals surface area (Å²) in [5, 5.41) is 8.84. The lowest BCUT2D eigenvalue weighted by atomic mass is 9.71. The molecule has 4 atom stereocenters. The summed E-state index contributed by atoms with van der Waals surface area (Å²) < 4.78 is 0. The minimum atomic E-state index is 0.0143. The summed E-state index contributed by atoms with van der Waals surface area (Å²) >= 11 is 0. The standard InChI is InChI=1S/C20H18N2O2/c1-3-7-13(8-4-1)18-15-11-12-16-17(20(15)24-21-18)19(22-23-16)14-9-5-2-6-10-14/h1-10,15-17,20H,11-12H2. The Labute approximate surface area is 140 Å². The number of nitrogens with zero attached hydrogens (tertiary/aromatic N) is 2. The number of hydrogen-bond donors (Lipinski definition) is 0. The fraction of sp³-hybridized carbons (Fsp3) is 0.300. The third kappa shape index (κ3) is 2.06. The van der Waals surface area contributed by atoms with Gasteiger partial charge in [0.2, 0.25) is 0 Å². The van der Waals surface area contributed by atoms with Crippen molar-refractivity contribution < 1.29 is 9.68 Å². The van der Waals surface area contributed by atoms with Crippen LogP contribution in [0.1, 0.15) is 24.0 Å². The van der Waals surface area contributed by atoms with Crippen LogP contribution in [0.4, 0.5) is 0 Å². The van der Waals surface area contributed by atoms with Crippen molar-refractivity contribution in [3.8, 4) is 0 Å². The van der Waals surface area contributed by atoms with Gasteiger partial charge in [-0.1, -0.05) is 71.0 Å². The normalized spacial score (nSPS) is 30.5. The van der Waals surface area contributed by atoms with Crippen molar-refractivity contribution in [3.05, 3.63) is 71.8 Å². The average molecular weight is 318 g/mol. The molecule has 0 radical (unpaired) electrons. The largest absolute Gasteiger partial charge is 0.391 e. The van der Waals surface area contributed by atoms with Crippen molar-refractivity contribution in [2.75, 3.05) is 0 Å². The molecular formula is C20H18N2O2. The van der Waals surface area contributed by atoms with Crippen molar-refractivity contribution >= 4 is 11.4 Å². The van der Waals surface area contributed by atoms with Gasteiger partial charge in [-0.15, -0.1) is 0 Å². The smallest absolute Gasteiger partial charge is 0.148 e. The van der Waals surface area contributed by atoms with Crippen LogP contribution >= 0.6 is 0 Å². The van der Waals surface area contributed by atoms with Crippen LogP contribution in [0.25, 0.3) is 0 Å². The molecule has 0 amide bonds. The quantitative estimate of drug-likeness (QED) is 0.849. The molecule has 4 unspecified atom stereocenters. The molecule has 0 aromatic heterocycles. The van der Waals surface area contributed by atoms with Gasteiger partial charge in [0, 0.05) is 5.92 Å². The highest BCUT2D eigenvalue weighted by atomic mass is 16.7. The predicted molar refractivity (Wildman–Crippen MR) is 91.9 cm³/mol. The molecule has 4 nitrogen and oxygen atoms in total. The second-order valence-corrected chi connectivity index (χ2v) is 6.61. The Kier molecular flexibility index (Phi) is 3.15. The third-order valence-corrected chi connectivity index (χ3v) is 5.28. The summed E-state index contributed by atoms with van der Waals surface area (Å²) in [5.74, 6) is 0.459. The molecule has 1 aliphatic carbocycles. The average Bonchev–Trinajstić information content (AvgIpc) is 3.27. The number of rotatable bonds is 2. The summed E-state index contributed by atoms with van der Waals surface area (Å²) in [6.07, 6.45) is 2.13. The summed E-state index contributed by atoms with van der Waals surface area (Å²) in [5.41, 5.74) is 4.33. The monoisotopic (exact) mass is 318 g/mol. The minimum Gasteiger partial charge on any atom is -0.391 e. The van der Waals surface area contributed by atoms with Crippen LogP contribution in [0.2, 0.25) is 0 Å². The second kappa shape index (κ2) is 5.48. The van der Waals surface area contributed by atoms with E-state index in [4.69, 9.17) is 9.68 Å². The van der Waals surface area contributed by atoms with E-state index in [1.165, 1.54) is 0 Å². The van der Waals surface area contributed by atoms with Gasteiger partial charge >= 0.3 is 0 Å². The Balaban J connectivity index is 1.47. The van der Waals surface area contributed by atoms with Gasteiger partial charge < -0.3 is 9.68 Å². The van der Waals surface area contributed by atoms with E-state index in [2.05, 4.69) is 34.6 Å². The molecule has 5 rings (SSSR count). The van der Waals surface area contributed by atoms with E-state index in [9.17, 15) is 0 Å². The fourth-order valence-corrected chi connectivity index (χ4v) is 4.13. The van der Waals surface area contributed by atoms with E-state index in [1.54, 1.807) is 0 Å². The summed E-state index contributed by atoms with van der Waals surface area (Å²) in [4.78, 5) is 11.6. The topological polar surface area (TPSA) is 43.2 Å². The molecule has 120 valence electrons. The highest BCUT2D eigenvalue weighted by Gasteiger charge is 2.52. The van der Waals surface area contributed by atoms with Crippen molar-refractivity contribution in [2.24, 2.45) is 22.1 Å². The summed E-state index contributed by atoms with van der Waals surface area (Å²) in [7, 11) is 0. The van der Waals surface area contributed by atoms with Crippen LogP contribution < -0.4 is 0 Å². The van der Waals surface area contributed by atoms with Crippen molar-refractivity contribution in [2.45, 2.75) is 25.0 Å². The number of benzene rings is 2. The maximum absolute atomic E-state index is 5.92. The molecule has 0 N–H and O–H groups in total. The molecular weight excluding hydrogens is 300 g/mol. The van der Waals surface area contributed by atoms with Crippen molar-refractivity contribution in [1.29, 1.82) is 0 Å². The van der Waals surface area contributed by atoms with Gasteiger partial charge in [0.05, 0.1) is 17.3 Å². The molecule has 3 aliphatic rings. The van der Waals surface area contributed by atoms with E-state index < -0.39 is 0 Å². The first-order chi connectivity index (χ1) is 11.9. The highest BCUT2D eigenvalue weighted by molar-refractivity contribution is 6.06. The molecule has 2 aliphatic heterocycles. The van der Waals surface area contributed by atoms with Crippen LogP contribution in [0.3, 0.4) is 0 Å². The van der Waals surface area contributed by atoms with Gasteiger partial charge in [-0.05, 0) is 24.0 Å². The van der Waals surface area contributed by atoms with Gasteiger partial charge in [-0.3, -0.25) is 0 Å². The zero-order chi connectivity index (χ0) is 15.9. The molecule has 0 bridgehead atoms. The Morgan fingerprint density at radius 1 is 0.708 bits per heavy atom. The van der Waals surface area contributed by atoms with Crippen molar-refractivity contribution in [3.63, 3.8) is 0 Å². The lowest BCUT2D eigenvalue weighted by molar-refractivity contribution is -0.0477. The predicted octanol–water partition coefficient (Wildman–Crippen LogP) is 3.62. The van der Waals surface area contributed by atoms with Crippen LogP contribution in [0.15, 0.2) is 71.0 Å². The molecule has 0 spiro atoms. The van der Waals surface area contributed by atoms with Crippen LogP contribution in [-0.4, -0.2) is 23.6 Å². The first kappa shape index (κ1) is 13.8. The maximum Gasteiger partial charge on any atom is 0.148 e. The van der Waals surface area contributed by atoms with Crippen LogP contribution in [-0.2, 0) is 9.68 Å². The van der Waals surface area contributed by atoms with E-state index in [0.717, 1.165) is 35.4 Å². The first-order valence-corrected chi connectivity index (χ1v) is 8.50. The first-order valence-electron chi connectivity index (χ1n) is 8.50. The highest BCUT2D eigenvalue weighted by Crippen LogP contribution is 2.43. The third-order valence-electron chi connectivity index (χ3n) is 5.28. The molecule has 0 saturated heterocycles. The van der Waals surface area contributed by atoms with E-state index in [1.807, 2.05) is 36.4 Å². The van der Waals surface area contributed by atoms with Gasteiger partial charge in [-0.25, -0.2) is 0 Å². The Hall–Kier alpha value is -2.62. The second-order valence-electron chi connectivity index (χ2n) is 6.61. The van der Waals surface area contributed by atoms with E-state index >= 15 is 0 Å². The summed E-state index contributed by atoms with van der Waals surface area (Å²) in [6.45, 7) is 0. The lowest BCUT2D eigenvalue weighted by Crippen LogP contribution is -2.44. The number of oxime groups is 2. The Morgan fingerprint density at radius 2 is 1.33 bits per heavy atom. The van der Waals surface area contributed by atoms with Crippen LogP contribution in [0.5, 0.6) is 0 Å². The maximum atomic E-state index is 5.92. The summed E-state index contributed by atoms with van der Waals surface area (Å²) in [6, 6.07) is 20.6. The number of hydrogen-bond acceptors (Lipinski definition) is 4. The Morgan fingerprint density at radius 3 is 2.04 bits per heavy atom. The SMILES string of the molecule is c1ccc(C2=NOC3C2CCC2ON=C(c4ccccc4)C23)cc1. The zero-order valence-electron chi connectivity index (χ0n) is 13.2. The molecule has 4 heteroatoms. The molecule has 2 heterocycles. The lowest BCUT2D eigenvalue weighted by Gasteiger charge is -2.33. The zero-order valence-corrected chi connectivity index (χ0v) is 13.2. The number of fused-ring (bicyclic) bond motifs is 3. The molecule has 2 aromatic rings. The molecule has 2 aromatic carbocycles. The molecule has 1 saturated carbocycles. The molecule has 24 heavy (non-hydrogen) atoms. The van der Waals surface area contributed by atoms with Gasteiger partial charge in [0.1, 0.15) is 12.2 Å². The fourth-order valence-electron chi connectivity index (χ4n) is 4.13. The van der Waals surface area contributed by atoms with Gasteiger partial charge in [0.25, 0.3) is 0 Å². The molecule has 1 fully saturated rings. The minimum absolute atomic E-state index is 0.0143. The van der Waals surface area contributed by atoms with Crippen LogP contribution in [0, 0.1) is 11.8 Å². The van der Waals surface area contributed by atoms with Gasteiger partial charge in [-0.2, -0.15) is 0 Å². The van der Waals surface area contributed by atoms with Gasteiger partial charge in [0.15, 0.2) is 0 Å².